The molecule has 0 atom stereocenters. The fourth-order valence-electron chi connectivity index (χ4n) is 2.75. The molecule has 22 heavy (non-hydrogen) atoms. The molecule has 1 saturated carbocycles. The number of benzene rings is 1. The molecule has 1 N–H and O–H groups in total. The van der Waals surface area contributed by atoms with E-state index in [0.717, 1.165) is 23.5 Å². The van der Waals surface area contributed by atoms with Gasteiger partial charge in [-0.3, -0.25) is 4.79 Å². The van der Waals surface area contributed by atoms with Gasteiger partial charge in [0.05, 0.1) is 10.2 Å². The van der Waals surface area contributed by atoms with Crippen LogP contribution in [0.25, 0.3) is 10.2 Å². The van der Waals surface area contributed by atoms with Crippen LogP contribution in [-0.2, 0) is 9.53 Å². The van der Waals surface area contributed by atoms with Gasteiger partial charge in [-0.2, -0.15) is 0 Å². The summed E-state index contributed by atoms with van der Waals surface area (Å²) < 4.78 is 6.57. The number of carbonyl (C=O) groups is 1. The second-order valence-corrected chi connectivity index (χ2v) is 7.99. The van der Waals surface area contributed by atoms with Crippen molar-refractivity contribution < 1.29 is 9.53 Å². The van der Waals surface area contributed by atoms with E-state index in [0.29, 0.717) is 18.4 Å². The molecule has 1 heterocycles. The molecular weight excluding hydrogens is 296 g/mol. The molecule has 0 unspecified atom stereocenters. The molecule has 1 fully saturated rings. The van der Waals surface area contributed by atoms with Crippen LogP contribution >= 0.6 is 11.3 Å². The van der Waals surface area contributed by atoms with Crippen LogP contribution in [0.5, 0.6) is 0 Å². The number of ether oxygens (including phenoxy) is 1. The smallest absolute Gasteiger partial charge is 0.306 e. The molecule has 0 saturated heterocycles. The maximum Gasteiger partial charge on any atom is 0.306 e. The monoisotopic (exact) mass is 318 g/mol. The Hall–Kier alpha value is -1.62. The van der Waals surface area contributed by atoms with Crippen LogP contribution in [0.15, 0.2) is 24.3 Å². The van der Waals surface area contributed by atoms with Crippen LogP contribution in [0.3, 0.4) is 0 Å². The number of nitrogens with zero attached hydrogens (tertiary/aromatic N) is 1. The van der Waals surface area contributed by atoms with Crippen molar-refractivity contribution in [1.82, 2.24) is 4.98 Å². The number of para-hydroxylation sites is 1. The van der Waals surface area contributed by atoms with Crippen molar-refractivity contribution >= 4 is 32.7 Å². The average Bonchev–Trinajstić information content (AvgIpc) is 2.76. The molecule has 1 aliphatic carbocycles. The first-order valence-corrected chi connectivity index (χ1v) is 8.55. The lowest BCUT2D eigenvalue weighted by Gasteiger charge is -2.35. The van der Waals surface area contributed by atoms with Gasteiger partial charge in [0.15, 0.2) is 5.13 Å². The van der Waals surface area contributed by atoms with E-state index in [-0.39, 0.29) is 11.6 Å². The molecule has 5 heteroatoms. The zero-order valence-corrected chi connectivity index (χ0v) is 14.1. The predicted molar refractivity (Wildman–Crippen MR) is 90.2 cm³/mol. The van der Waals surface area contributed by atoms with Crippen LogP contribution in [0.4, 0.5) is 5.13 Å². The molecule has 118 valence electrons. The predicted octanol–water partition coefficient (Wildman–Crippen LogP) is 4.22. The van der Waals surface area contributed by atoms with E-state index in [2.05, 4.69) is 16.4 Å². The highest BCUT2D eigenvalue weighted by Crippen LogP contribution is 2.35. The van der Waals surface area contributed by atoms with E-state index in [9.17, 15) is 4.79 Å². The molecule has 1 aliphatic rings. The highest BCUT2D eigenvalue weighted by atomic mass is 32.1. The Kier molecular flexibility index (Phi) is 4.08. The zero-order valence-electron chi connectivity index (χ0n) is 13.3. The van der Waals surface area contributed by atoms with Gasteiger partial charge in [-0.25, -0.2) is 4.98 Å². The highest BCUT2D eigenvalue weighted by molar-refractivity contribution is 7.22. The molecule has 0 bridgehead atoms. The lowest BCUT2D eigenvalue weighted by Crippen LogP contribution is -2.37. The lowest BCUT2D eigenvalue weighted by molar-refractivity contribution is -0.156. The van der Waals surface area contributed by atoms with Crippen molar-refractivity contribution in [1.29, 1.82) is 0 Å². The fraction of sp³-hybridized carbons (Fsp3) is 0.529. The van der Waals surface area contributed by atoms with Gasteiger partial charge in [-0.1, -0.05) is 23.5 Å². The van der Waals surface area contributed by atoms with Crippen molar-refractivity contribution in [2.75, 3.05) is 5.32 Å². The maximum absolute atomic E-state index is 11.8. The summed E-state index contributed by atoms with van der Waals surface area (Å²) in [6, 6.07) is 8.58. The molecule has 0 spiro atoms. The van der Waals surface area contributed by atoms with E-state index >= 15 is 0 Å². The van der Waals surface area contributed by atoms with Crippen molar-refractivity contribution in [2.45, 2.75) is 51.7 Å². The summed E-state index contributed by atoms with van der Waals surface area (Å²) in [6.07, 6.45) is 2.54. The Labute approximate surface area is 134 Å². The summed E-state index contributed by atoms with van der Waals surface area (Å²) in [7, 11) is 0. The van der Waals surface area contributed by atoms with Gasteiger partial charge in [0.2, 0.25) is 0 Å². The second-order valence-electron chi connectivity index (χ2n) is 6.96. The molecule has 0 aliphatic heterocycles. The largest absolute Gasteiger partial charge is 0.460 e. The Balaban J connectivity index is 1.46. The molecule has 0 amide bonds. The summed E-state index contributed by atoms with van der Waals surface area (Å²) in [6.45, 7) is 5.72. The Morgan fingerprint density at radius 2 is 2.09 bits per heavy atom. The minimum absolute atomic E-state index is 0.0871. The molecule has 0 radical (unpaired) electrons. The number of esters is 1. The van der Waals surface area contributed by atoms with Crippen LogP contribution in [0, 0.1) is 5.92 Å². The van der Waals surface area contributed by atoms with E-state index in [4.69, 9.17) is 4.74 Å². The van der Waals surface area contributed by atoms with E-state index in [1.165, 1.54) is 4.70 Å². The number of nitrogens with one attached hydrogen (secondary N) is 1. The van der Waals surface area contributed by atoms with Gasteiger partial charge in [0, 0.05) is 12.5 Å². The number of anilines is 1. The standard InChI is InChI=1S/C17H22N2O2S/c1-17(2,3)21-15(20)10-11-8-12(9-11)18-16-19-13-6-4-5-7-14(13)22-16/h4-7,11-12H,8-10H2,1-3H3,(H,18,19). The third-order valence-electron chi connectivity index (χ3n) is 3.73. The number of hydrogen-bond acceptors (Lipinski definition) is 5. The molecule has 4 nitrogen and oxygen atoms in total. The number of hydrogen-bond donors (Lipinski definition) is 1. The van der Waals surface area contributed by atoms with Crippen molar-refractivity contribution in [3.63, 3.8) is 0 Å². The fourth-order valence-corrected chi connectivity index (χ4v) is 3.69. The number of aromatic nitrogens is 1. The lowest BCUT2D eigenvalue weighted by atomic mass is 9.78. The first kappa shape index (κ1) is 15.3. The summed E-state index contributed by atoms with van der Waals surface area (Å²) in [5.74, 6) is 0.345. The third kappa shape index (κ3) is 3.77. The first-order valence-electron chi connectivity index (χ1n) is 7.73. The van der Waals surface area contributed by atoms with Crippen molar-refractivity contribution in [3.05, 3.63) is 24.3 Å². The zero-order chi connectivity index (χ0) is 15.7. The minimum Gasteiger partial charge on any atom is -0.460 e. The number of rotatable bonds is 4. The molecular formula is C17H22N2O2S. The van der Waals surface area contributed by atoms with Crippen LogP contribution in [0.1, 0.15) is 40.0 Å². The number of fused-ring (bicyclic) bond motifs is 1. The van der Waals surface area contributed by atoms with Gasteiger partial charge < -0.3 is 10.1 Å². The van der Waals surface area contributed by atoms with Gasteiger partial charge in [0.1, 0.15) is 5.60 Å². The topological polar surface area (TPSA) is 51.2 Å². The van der Waals surface area contributed by atoms with Crippen LogP contribution in [0.2, 0.25) is 0 Å². The first-order chi connectivity index (χ1) is 10.4. The third-order valence-corrected chi connectivity index (χ3v) is 4.70. The van der Waals surface area contributed by atoms with Crippen molar-refractivity contribution in [2.24, 2.45) is 5.92 Å². The van der Waals surface area contributed by atoms with E-state index in [1.807, 2.05) is 39.0 Å². The minimum atomic E-state index is -0.389. The highest BCUT2D eigenvalue weighted by Gasteiger charge is 2.32. The van der Waals surface area contributed by atoms with Gasteiger partial charge in [0.25, 0.3) is 0 Å². The summed E-state index contributed by atoms with van der Waals surface area (Å²) in [4.78, 5) is 16.4. The summed E-state index contributed by atoms with van der Waals surface area (Å²) in [5, 5.41) is 4.45. The Morgan fingerprint density at radius 1 is 1.36 bits per heavy atom. The molecule has 1 aromatic heterocycles. The Bertz CT molecular complexity index is 636. The number of thiazole rings is 1. The van der Waals surface area contributed by atoms with Crippen LogP contribution < -0.4 is 5.32 Å². The quantitative estimate of drug-likeness (QED) is 0.858. The molecule has 2 aromatic rings. The maximum atomic E-state index is 11.8. The van der Waals surface area contributed by atoms with Gasteiger partial charge in [-0.05, 0) is 51.7 Å². The normalized spacial score (nSPS) is 21.4. The molecule has 1 aromatic carbocycles. The SMILES string of the molecule is CC(C)(C)OC(=O)CC1CC(Nc2nc3ccccc3s2)C1. The second kappa shape index (κ2) is 5.88. The molecule has 3 rings (SSSR count). The van der Waals surface area contributed by atoms with E-state index in [1.54, 1.807) is 11.3 Å². The summed E-state index contributed by atoms with van der Waals surface area (Å²) in [5.41, 5.74) is 0.652. The number of carbonyl (C=O) groups excluding carboxylic acids is 1. The Morgan fingerprint density at radius 3 is 2.77 bits per heavy atom. The van der Waals surface area contributed by atoms with E-state index < -0.39 is 0 Å². The summed E-state index contributed by atoms with van der Waals surface area (Å²) >= 11 is 1.68. The van der Waals surface area contributed by atoms with Gasteiger partial charge >= 0.3 is 5.97 Å². The van der Waals surface area contributed by atoms with Crippen molar-refractivity contribution in [3.8, 4) is 0 Å². The average molecular weight is 318 g/mol. The van der Waals surface area contributed by atoms with Gasteiger partial charge in [-0.15, -0.1) is 0 Å². The van der Waals surface area contributed by atoms with Crippen LogP contribution in [-0.4, -0.2) is 22.6 Å².